The third kappa shape index (κ3) is 5.43. The Labute approximate surface area is 163 Å². The zero-order chi connectivity index (χ0) is 16.1. The van der Waals surface area contributed by atoms with Gasteiger partial charge in [0.1, 0.15) is 17.0 Å². The van der Waals surface area contributed by atoms with Crippen LogP contribution < -0.4 is 10.6 Å². The Morgan fingerprint density at radius 2 is 2.20 bits per heavy atom. The highest BCUT2D eigenvalue weighted by atomic mass is 35.5. The summed E-state index contributed by atoms with van der Waals surface area (Å²) in [5.41, 5.74) is 1.36. The Bertz CT molecular complexity index is 637. The third-order valence-corrected chi connectivity index (χ3v) is 5.13. The number of hydrogen-bond acceptors (Lipinski definition) is 6. The average molecular weight is 408 g/mol. The molecule has 3 heterocycles. The van der Waals surface area contributed by atoms with Crippen LogP contribution in [0.3, 0.4) is 0 Å². The molecular formula is C16H23Cl2N3O3S. The van der Waals surface area contributed by atoms with E-state index in [-0.39, 0.29) is 36.1 Å². The van der Waals surface area contributed by atoms with Gasteiger partial charge in [0.2, 0.25) is 0 Å². The number of nitrogens with one attached hydrogen (secondary N) is 2. The van der Waals surface area contributed by atoms with Crippen LogP contribution in [0.15, 0.2) is 28.4 Å². The molecule has 0 bridgehead atoms. The highest BCUT2D eigenvalue weighted by Gasteiger charge is 2.32. The maximum atomic E-state index is 12.4. The molecule has 0 radical (unpaired) electrons. The Balaban J connectivity index is 0.00000156. The van der Waals surface area contributed by atoms with Crippen LogP contribution in [0.2, 0.25) is 0 Å². The molecule has 0 atom stereocenters. The molecule has 9 heteroatoms. The predicted molar refractivity (Wildman–Crippen MR) is 103 cm³/mol. The van der Waals surface area contributed by atoms with Gasteiger partial charge in [-0.3, -0.25) is 4.79 Å². The van der Waals surface area contributed by atoms with Crippen LogP contribution in [0.5, 0.6) is 0 Å². The van der Waals surface area contributed by atoms with Crippen LogP contribution >= 0.6 is 36.2 Å². The maximum absolute atomic E-state index is 12.4. The summed E-state index contributed by atoms with van der Waals surface area (Å²) >= 11 is 1.44. The van der Waals surface area contributed by atoms with Gasteiger partial charge < -0.3 is 19.8 Å². The first-order valence-corrected chi connectivity index (χ1v) is 8.56. The van der Waals surface area contributed by atoms with E-state index in [1.807, 2.05) is 6.07 Å². The zero-order valence-electron chi connectivity index (χ0n) is 13.9. The number of thiazole rings is 1. The number of piperidine rings is 1. The molecule has 1 saturated heterocycles. The Kier molecular flexibility index (Phi) is 8.88. The fourth-order valence-electron chi connectivity index (χ4n) is 2.89. The van der Waals surface area contributed by atoms with E-state index in [2.05, 4.69) is 15.6 Å². The molecule has 2 aromatic heterocycles. The number of furan rings is 1. The van der Waals surface area contributed by atoms with E-state index in [0.717, 1.165) is 36.5 Å². The van der Waals surface area contributed by atoms with Gasteiger partial charge in [0.05, 0.1) is 12.9 Å². The lowest BCUT2D eigenvalue weighted by Gasteiger charge is -2.37. The summed E-state index contributed by atoms with van der Waals surface area (Å²) in [4.78, 5) is 16.8. The van der Waals surface area contributed by atoms with Crippen molar-refractivity contribution in [1.29, 1.82) is 0 Å². The molecule has 2 aromatic rings. The fraction of sp³-hybridized carbons (Fsp3) is 0.500. The maximum Gasteiger partial charge on any atom is 0.270 e. The Hall–Kier alpha value is -1.12. The monoisotopic (exact) mass is 407 g/mol. The minimum atomic E-state index is -0.134. The van der Waals surface area contributed by atoms with Gasteiger partial charge in [0.15, 0.2) is 0 Å². The molecule has 2 N–H and O–H groups in total. The average Bonchev–Trinajstić information content (AvgIpc) is 3.25. The molecule has 0 aliphatic carbocycles. The molecular weight excluding hydrogens is 385 g/mol. The second-order valence-electron chi connectivity index (χ2n) is 5.92. The van der Waals surface area contributed by atoms with Gasteiger partial charge >= 0.3 is 0 Å². The number of aromatic nitrogens is 1. The highest BCUT2D eigenvalue weighted by Crippen LogP contribution is 2.28. The van der Waals surface area contributed by atoms with Gasteiger partial charge in [-0.2, -0.15) is 0 Å². The van der Waals surface area contributed by atoms with Gasteiger partial charge in [-0.15, -0.1) is 36.2 Å². The first-order chi connectivity index (χ1) is 11.2. The number of nitrogens with zero attached hydrogens (tertiary/aromatic N) is 1. The largest absolute Gasteiger partial charge is 0.472 e. The number of carbonyl (C=O) groups excluding carboxylic acids is 1. The first kappa shape index (κ1) is 21.9. The van der Waals surface area contributed by atoms with Gasteiger partial charge in [-0.25, -0.2) is 4.98 Å². The van der Waals surface area contributed by atoms with E-state index < -0.39 is 0 Å². The van der Waals surface area contributed by atoms with Crippen LogP contribution in [-0.4, -0.2) is 44.2 Å². The second-order valence-corrected chi connectivity index (χ2v) is 6.77. The van der Waals surface area contributed by atoms with Crippen molar-refractivity contribution in [1.82, 2.24) is 15.6 Å². The van der Waals surface area contributed by atoms with Crippen LogP contribution in [0, 0.1) is 5.41 Å². The number of halogens is 2. The van der Waals surface area contributed by atoms with Gasteiger partial charge in [0, 0.05) is 30.0 Å². The standard InChI is InChI=1S/C16H21N3O3S.2ClH/c1-21-11-16(3-5-17-6-4-16)10-18-14(20)13-9-23-15(19-13)12-2-7-22-8-12;;/h2,7-9,17H,3-6,10-11H2,1H3,(H,18,20);2*1H. The molecule has 0 spiro atoms. The summed E-state index contributed by atoms with van der Waals surface area (Å²) in [5.74, 6) is -0.134. The quantitative estimate of drug-likeness (QED) is 0.769. The van der Waals surface area contributed by atoms with Crippen LogP contribution in [0.25, 0.3) is 10.6 Å². The number of methoxy groups -OCH3 is 1. The van der Waals surface area contributed by atoms with E-state index in [9.17, 15) is 4.79 Å². The number of ether oxygens (including phenoxy) is 1. The normalized spacial score (nSPS) is 15.7. The lowest BCUT2D eigenvalue weighted by molar-refractivity contribution is 0.0511. The van der Waals surface area contributed by atoms with Gasteiger partial charge in [0.25, 0.3) is 5.91 Å². The van der Waals surface area contributed by atoms with Crippen molar-refractivity contribution < 1.29 is 13.9 Å². The summed E-state index contributed by atoms with van der Waals surface area (Å²) in [6, 6.07) is 1.84. The number of hydrogen-bond donors (Lipinski definition) is 2. The lowest BCUT2D eigenvalue weighted by atomic mass is 9.79. The van der Waals surface area contributed by atoms with Crippen molar-refractivity contribution in [3.05, 3.63) is 29.7 Å². The van der Waals surface area contributed by atoms with Crippen molar-refractivity contribution in [2.75, 3.05) is 33.4 Å². The summed E-state index contributed by atoms with van der Waals surface area (Å²) in [5, 5.41) is 8.95. The molecule has 0 aromatic carbocycles. The SMILES string of the molecule is COCC1(CNC(=O)c2csc(-c3ccoc3)n2)CCNCC1.Cl.Cl. The molecule has 1 fully saturated rings. The van der Waals surface area contributed by atoms with E-state index >= 15 is 0 Å². The Morgan fingerprint density at radius 3 is 2.84 bits per heavy atom. The second kappa shape index (κ2) is 10.1. The van der Waals surface area contributed by atoms with E-state index in [1.54, 1.807) is 25.0 Å². The number of carbonyl (C=O) groups is 1. The topological polar surface area (TPSA) is 76.4 Å². The van der Waals surface area contributed by atoms with Gasteiger partial charge in [-0.1, -0.05) is 0 Å². The minimum Gasteiger partial charge on any atom is -0.472 e. The van der Waals surface area contributed by atoms with Crippen LogP contribution in [0.1, 0.15) is 23.3 Å². The molecule has 1 aliphatic rings. The first-order valence-electron chi connectivity index (χ1n) is 7.68. The fourth-order valence-corrected chi connectivity index (χ4v) is 3.68. The van der Waals surface area contributed by atoms with Crippen molar-refractivity contribution in [3.8, 4) is 10.6 Å². The molecule has 0 saturated carbocycles. The predicted octanol–water partition coefficient (Wildman–Crippen LogP) is 2.99. The van der Waals surface area contributed by atoms with E-state index in [4.69, 9.17) is 9.15 Å². The van der Waals surface area contributed by atoms with Crippen molar-refractivity contribution in [3.63, 3.8) is 0 Å². The summed E-state index contributed by atoms with van der Waals surface area (Å²) < 4.78 is 10.4. The molecule has 1 aliphatic heterocycles. The molecule has 0 unspecified atom stereocenters. The number of amides is 1. The smallest absolute Gasteiger partial charge is 0.270 e. The van der Waals surface area contributed by atoms with Crippen LogP contribution in [-0.2, 0) is 4.74 Å². The van der Waals surface area contributed by atoms with Gasteiger partial charge in [-0.05, 0) is 32.0 Å². The third-order valence-electron chi connectivity index (χ3n) is 4.24. The molecule has 1 amide bonds. The molecule has 25 heavy (non-hydrogen) atoms. The summed E-state index contributed by atoms with van der Waals surface area (Å²) in [7, 11) is 1.71. The van der Waals surface area contributed by atoms with Crippen molar-refractivity contribution in [2.45, 2.75) is 12.8 Å². The van der Waals surface area contributed by atoms with Crippen molar-refractivity contribution in [2.24, 2.45) is 5.41 Å². The molecule has 140 valence electrons. The summed E-state index contributed by atoms with van der Waals surface area (Å²) in [6.07, 6.45) is 5.22. The lowest BCUT2D eigenvalue weighted by Crippen LogP contribution is -2.47. The summed E-state index contributed by atoms with van der Waals surface area (Å²) in [6.45, 7) is 3.19. The highest BCUT2D eigenvalue weighted by molar-refractivity contribution is 7.13. The number of rotatable bonds is 6. The minimum absolute atomic E-state index is 0. The Morgan fingerprint density at radius 1 is 1.44 bits per heavy atom. The van der Waals surface area contributed by atoms with E-state index in [0.29, 0.717) is 18.8 Å². The zero-order valence-corrected chi connectivity index (χ0v) is 16.4. The van der Waals surface area contributed by atoms with Crippen LogP contribution in [0.4, 0.5) is 0 Å². The van der Waals surface area contributed by atoms with Crippen molar-refractivity contribution >= 4 is 42.1 Å². The molecule has 6 nitrogen and oxygen atoms in total. The molecule has 3 rings (SSSR count). The van der Waals surface area contributed by atoms with E-state index in [1.165, 1.54) is 11.3 Å².